The van der Waals surface area contributed by atoms with Gasteiger partial charge in [0, 0.05) is 6.04 Å². The van der Waals surface area contributed by atoms with Gasteiger partial charge in [0.05, 0.1) is 0 Å². The molecule has 1 aromatic carbocycles. The minimum atomic E-state index is -1.54. The maximum atomic E-state index is 13.6. The van der Waals surface area contributed by atoms with Crippen molar-refractivity contribution in [1.29, 1.82) is 0 Å². The van der Waals surface area contributed by atoms with Gasteiger partial charge < -0.3 is 15.6 Å². The summed E-state index contributed by atoms with van der Waals surface area (Å²) in [5.41, 5.74) is 5.24. The van der Waals surface area contributed by atoms with Crippen LogP contribution in [-0.2, 0) is 20.7 Å². The number of aliphatic carboxylic acids is 1. The van der Waals surface area contributed by atoms with Crippen molar-refractivity contribution in [1.82, 2.24) is 0 Å². The molecule has 0 fully saturated rings. The maximum Gasteiger partial charge on any atom is 0.322 e. The highest BCUT2D eigenvalue weighted by Crippen LogP contribution is 2.17. The molecule has 2 atom stereocenters. The fourth-order valence-electron chi connectivity index (χ4n) is 1.86. The van der Waals surface area contributed by atoms with E-state index in [1.54, 1.807) is 26.8 Å². The molecule has 0 saturated carbocycles. The zero-order valence-electron chi connectivity index (χ0n) is 12.3. The van der Waals surface area contributed by atoms with Gasteiger partial charge in [-0.05, 0) is 38.8 Å². The van der Waals surface area contributed by atoms with Gasteiger partial charge in [0.2, 0.25) is 0 Å². The summed E-state index contributed by atoms with van der Waals surface area (Å²) in [6.45, 7) is 4.89. The van der Waals surface area contributed by atoms with Crippen molar-refractivity contribution in [3.8, 4) is 0 Å². The van der Waals surface area contributed by atoms with Gasteiger partial charge in [0.15, 0.2) is 5.92 Å². The normalized spacial score (nSPS) is 14.3. The van der Waals surface area contributed by atoms with Crippen LogP contribution in [0.25, 0.3) is 0 Å². The minimum Gasteiger partial charge on any atom is -0.481 e. The van der Waals surface area contributed by atoms with Crippen LogP contribution in [0, 0.1) is 11.7 Å². The van der Waals surface area contributed by atoms with Gasteiger partial charge in [-0.25, -0.2) is 4.39 Å². The van der Waals surface area contributed by atoms with Crippen LogP contribution < -0.4 is 5.73 Å². The monoisotopic (exact) mass is 297 g/mol. The highest BCUT2D eigenvalue weighted by Gasteiger charge is 2.36. The number of carboxylic acid groups (broad SMARTS) is 1. The minimum absolute atomic E-state index is 0.0666. The number of nitrogens with two attached hydrogens (primary N) is 1. The molecule has 0 amide bonds. The number of hydrogen-bond acceptors (Lipinski definition) is 4. The third-order valence-corrected chi connectivity index (χ3v) is 2.77. The Morgan fingerprint density at radius 2 is 1.90 bits per heavy atom. The van der Waals surface area contributed by atoms with E-state index in [2.05, 4.69) is 0 Å². The fourth-order valence-corrected chi connectivity index (χ4v) is 1.86. The molecule has 21 heavy (non-hydrogen) atoms. The van der Waals surface area contributed by atoms with Gasteiger partial charge in [-0.2, -0.15) is 0 Å². The van der Waals surface area contributed by atoms with E-state index in [-0.39, 0.29) is 12.0 Å². The number of halogens is 1. The van der Waals surface area contributed by atoms with Gasteiger partial charge in [-0.3, -0.25) is 9.59 Å². The number of carboxylic acids is 1. The first kappa shape index (κ1) is 17.1. The molecule has 0 heterocycles. The van der Waals surface area contributed by atoms with Crippen molar-refractivity contribution in [2.45, 2.75) is 38.8 Å². The molecule has 0 radical (unpaired) electrons. The van der Waals surface area contributed by atoms with E-state index in [0.717, 1.165) is 0 Å². The van der Waals surface area contributed by atoms with Crippen molar-refractivity contribution in [3.05, 3.63) is 35.6 Å². The second-order valence-corrected chi connectivity index (χ2v) is 5.81. The number of hydrogen-bond donors (Lipinski definition) is 2. The zero-order chi connectivity index (χ0) is 16.2. The van der Waals surface area contributed by atoms with Crippen LogP contribution >= 0.6 is 0 Å². The molecule has 6 heteroatoms. The van der Waals surface area contributed by atoms with Crippen molar-refractivity contribution >= 4 is 11.9 Å². The van der Waals surface area contributed by atoms with Gasteiger partial charge in [0.1, 0.15) is 11.4 Å². The lowest BCUT2D eigenvalue weighted by molar-refractivity contribution is -0.167. The number of carbonyl (C=O) groups is 2. The summed E-state index contributed by atoms with van der Waals surface area (Å²) in [5, 5.41) is 9.18. The Labute approximate surface area is 122 Å². The Morgan fingerprint density at radius 1 is 1.33 bits per heavy atom. The van der Waals surface area contributed by atoms with Crippen LogP contribution in [0.3, 0.4) is 0 Å². The number of rotatable bonds is 5. The first-order chi connectivity index (χ1) is 9.61. The Hall–Kier alpha value is -1.95. The van der Waals surface area contributed by atoms with Crippen LogP contribution in [-0.4, -0.2) is 28.7 Å². The molecule has 0 saturated heterocycles. The molecular formula is C15H20FNO4. The average molecular weight is 297 g/mol. The lowest BCUT2D eigenvalue weighted by Gasteiger charge is -2.25. The quantitative estimate of drug-likeness (QED) is 0.638. The van der Waals surface area contributed by atoms with E-state index in [1.165, 1.54) is 18.2 Å². The van der Waals surface area contributed by atoms with E-state index < -0.39 is 35.3 Å². The standard InChI is InChI=1S/C15H20FNO4/c1-15(2,3)21-14(20)12(13(18)19)11(17)8-9-6-4-5-7-10(9)16/h4-7,11-12H,8,17H2,1-3H3,(H,18,19)/t11-,12+/m1/s1. The smallest absolute Gasteiger partial charge is 0.322 e. The van der Waals surface area contributed by atoms with Gasteiger partial charge in [0.25, 0.3) is 0 Å². The fraction of sp³-hybridized carbons (Fsp3) is 0.467. The first-order valence-electron chi connectivity index (χ1n) is 6.56. The Kier molecular flexibility index (Phi) is 5.43. The van der Waals surface area contributed by atoms with E-state index in [4.69, 9.17) is 10.5 Å². The van der Waals surface area contributed by atoms with E-state index in [1.807, 2.05) is 0 Å². The number of carbonyl (C=O) groups excluding carboxylic acids is 1. The van der Waals surface area contributed by atoms with E-state index in [0.29, 0.717) is 0 Å². The molecule has 3 N–H and O–H groups in total. The Bertz CT molecular complexity index is 525. The predicted molar refractivity (Wildman–Crippen MR) is 75.1 cm³/mol. The maximum absolute atomic E-state index is 13.6. The molecule has 0 bridgehead atoms. The van der Waals surface area contributed by atoms with E-state index in [9.17, 15) is 19.1 Å². The summed E-state index contributed by atoms with van der Waals surface area (Å²) in [5.74, 6) is -4.32. The number of ether oxygens (including phenoxy) is 1. The highest BCUT2D eigenvalue weighted by atomic mass is 19.1. The van der Waals surface area contributed by atoms with Crippen LogP contribution in [0.2, 0.25) is 0 Å². The zero-order valence-corrected chi connectivity index (χ0v) is 12.3. The highest BCUT2D eigenvalue weighted by molar-refractivity contribution is 5.95. The predicted octanol–water partition coefficient (Wildman–Crippen LogP) is 1.74. The molecule has 0 spiro atoms. The number of benzene rings is 1. The second kappa shape index (κ2) is 6.67. The average Bonchev–Trinajstić information content (AvgIpc) is 2.29. The van der Waals surface area contributed by atoms with E-state index >= 15 is 0 Å². The molecule has 0 aliphatic carbocycles. The van der Waals surface area contributed by atoms with Crippen molar-refractivity contribution in [3.63, 3.8) is 0 Å². The van der Waals surface area contributed by atoms with Crippen LogP contribution in [0.4, 0.5) is 4.39 Å². The summed E-state index contributed by atoms with van der Waals surface area (Å²) < 4.78 is 18.6. The van der Waals surface area contributed by atoms with Gasteiger partial charge in [-0.1, -0.05) is 18.2 Å². The third-order valence-electron chi connectivity index (χ3n) is 2.77. The molecule has 1 aromatic rings. The second-order valence-electron chi connectivity index (χ2n) is 5.81. The molecule has 0 unspecified atom stereocenters. The molecule has 116 valence electrons. The molecule has 0 aliphatic rings. The van der Waals surface area contributed by atoms with Gasteiger partial charge >= 0.3 is 11.9 Å². The molecule has 1 rings (SSSR count). The van der Waals surface area contributed by atoms with Crippen molar-refractivity contribution in [2.75, 3.05) is 0 Å². The Balaban J connectivity index is 2.88. The summed E-state index contributed by atoms with van der Waals surface area (Å²) >= 11 is 0. The molecular weight excluding hydrogens is 277 g/mol. The SMILES string of the molecule is CC(C)(C)OC(=O)[C@H](C(=O)O)[C@H](N)Cc1ccccc1F. The summed E-state index contributed by atoms with van der Waals surface area (Å²) in [6.07, 6.45) is -0.0666. The summed E-state index contributed by atoms with van der Waals surface area (Å²) in [7, 11) is 0. The summed E-state index contributed by atoms with van der Waals surface area (Å²) in [6, 6.07) is 4.82. The molecule has 0 aromatic heterocycles. The van der Waals surface area contributed by atoms with Crippen LogP contribution in [0.15, 0.2) is 24.3 Å². The largest absolute Gasteiger partial charge is 0.481 e. The molecule has 5 nitrogen and oxygen atoms in total. The summed E-state index contributed by atoms with van der Waals surface area (Å²) in [4.78, 5) is 23.2. The number of esters is 1. The topological polar surface area (TPSA) is 89.6 Å². The lowest BCUT2D eigenvalue weighted by atomic mass is 9.94. The first-order valence-corrected chi connectivity index (χ1v) is 6.56. The van der Waals surface area contributed by atoms with Gasteiger partial charge in [-0.15, -0.1) is 0 Å². The van der Waals surface area contributed by atoms with Crippen LogP contribution in [0.1, 0.15) is 26.3 Å². The van der Waals surface area contributed by atoms with Crippen LogP contribution in [0.5, 0.6) is 0 Å². The molecule has 0 aliphatic heterocycles. The lowest BCUT2D eigenvalue weighted by Crippen LogP contribution is -2.45. The van der Waals surface area contributed by atoms with Crippen molar-refractivity contribution < 1.29 is 23.8 Å². The third kappa shape index (κ3) is 5.15. The van der Waals surface area contributed by atoms with Crippen molar-refractivity contribution in [2.24, 2.45) is 11.7 Å². The Morgan fingerprint density at radius 3 is 2.38 bits per heavy atom.